The minimum Gasteiger partial charge on any atom is -0.468 e. The molecule has 1 aromatic carbocycles. The van der Waals surface area contributed by atoms with E-state index in [0.29, 0.717) is 0 Å². The van der Waals surface area contributed by atoms with Crippen molar-refractivity contribution in [2.45, 2.75) is 25.2 Å². The molecule has 0 aliphatic carbocycles. The zero-order chi connectivity index (χ0) is 18.9. The van der Waals surface area contributed by atoms with Gasteiger partial charge in [0.2, 0.25) is 0 Å². The van der Waals surface area contributed by atoms with Crippen molar-refractivity contribution in [3.8, 4) is 5.75 Å². The molecule has 0 bridgehead atoms. The third-order valence-electron chi connectivity index (χ3n) is 3.21. The number of para-hydroxylation sites is 1. The van der Waals surface area contributed by atoms with Gasteiger partial charge in [0.05, 0.1) is 13.7 Å². The zero-order valence-corrected chi connectivity index (χ0v) is 15.3. The number of esters is 1. The van der Waals surface area contributed by atoms with Crippen molar-refractivity contribution >= 4 is 13.7 Å². The fourth-order valence-electron chi connectivity index (χ4n) is 1.81. The van der Waals surface area contributed by atoms with Crippen LogP contribution in [0.25, 0.3) is 0 Å². The van der Waals surface area contributed by atoms with Gasteiger partial charge in [-0.25, -0.2) is 4.57 Å². The number of aliphatic hydroxyl groups excluding tert-OH is 1. The summed E-state index contributed by atoms with van der Waals surface area (Å²) in [5.74, 6) is -0.344. The number of aliphatic hydroxyl groups is 1. The first-order valence-electron chi connectivity index (χ1n) is 7.53. The Balaban J connectivity index is 2.91. The molecule has 9 heteroatoms. The first kappa shape index (κ1) is 21.3. The summed E-state index contributed by atoms with van der Waals surface area (Å²) in [5.41, 5.74) is 0. The number of nitrogens with one attached hydrogen (secondary N) is 1. The van der Waals surface area contributed by atoms with E-state index in [9.17, 15) is 14.5 Å². The van der Waals surface area contributed by atoms with E-state index in [-0.39, 0.29) is 12.4 Å². The predicted octanol–water partition coefficient (Wildman–Crippen LogP) is 1.90. The molecule has 0 amide bonds. The van der Waals surface area contributed by atoms with Gasteiger partial charge in [-0.05, 0) is 19.1 Å². The maximum Gasteiger partial charge on any atom is 0.459 e. The van der Waals surface area contributed by atoms with Gasteiger partial charge in [-0.3, -0.25) is 9.32 Å². The van der Waals surface area contributed by atoms with E-state index >= 15 is 0 Å². The summed E-state index contributed by atoms with van der Waals surface area (Å²) < 4.78 is 33.5. The van der Waals surface area contributed by atoms with Gasteiger partial charge in [0, 0.05) is 7.11 Å². The van der Waals surface area contributed by atoms with E-state index in [1.807, 2.05) is 0 Å². The largest absolute Gasteiger partial charge is 0.468 e. The summed E-state index contributed by atoms with van der Waals surface area (Å²) in [6.45, 7) is 4.67. The molecule has 0 heterocycles. The molecular weight excluding hydrogens is 349 g/mol. The van der Waals surface area contributed by atoms with Crippen LogP contribution in [0, 0.1) is 0 Å². The Morgan fingerprint density at radius 3 is 2.52 bits per heavy atom. The van der Waals surface area contributed by atoms with Gasteiger partial charge < -0.3 is 19.1 Å². The summed E-state index contributed by atoms with van der Waals surface area (Å²) in [6, 6.07) is 7.40. The lowest BCUT2D eigenvalue weighted by atomic mass is 10.2. The van der Waals surface area contributed by atoms with Gasteiger partial charge in [-0.1, -0.05) is 24.3 Å². The second kappa shape index (κ2) is 10.3. The number of ether oxygens (including phenoxy) is 2. The monoisotopic (exact) mass is 373 g/mol. The highest BCUT2D eigenvalue weighted by molar-refractivity contribution is 7.52. The molecule has 2 N–H and O–H groups in total. The summed E-state index contributed by atoms with van der Waals surface area (Å²) in [6.07, 6.45) is -0.556. The van der Waals surface area contributed by atoms with E-state index in [0.717, 1.165) is 0 Å². The number of carbonyl (C=O) groups excluding carboxylic acids is 1. The van der Waals surface area contributed by atoms with Crippen LogP contribution >= 0.6 is 7.75 Å². The minimum absolute atomic E-state index is 0.255. The van der Waals surface area contributed by atoms with Crippen molar-refractivity contribution < 1.29 is 33.0 Å². The molecule has 1 aromatic rings. The maximum atomic E-state index is 13.0. The van der Waals surface area contributed by atoms with Gasteiger partial charge in [-0.2, -0.15) is 5.09 Å². The molecule has 0 fully saturated rings. The molecule has 0 aromatic heterocycles. The van der Waals surface area contributed by atoms with Gasteiger partial charge in [0.15, 0.2) is 0 Å². The van der Waals surface area contributed by atoms with Crippen LogP contribution in [0.1, 0.15) is 6.92 Å². The Morgan fingerprint density at radius 1 is 1.36 bits per heavy atom. The SMILES string of the molecule is C=C[C@H](O)[C@@H](COP(=O)(N[C@@H](C)C(=O)OC)Oc1ccccc1)OC. The fourth-order valence-corrected chi connectivity index (χ4v) is 3.31. The molecular formula is C16H24NO7P. The molecule has 25 heavy (non-hydrogen) atoms. The van der Waals surface area contributed by atoms with Gasteiger partial charge in [0.1, 0.15) is 24.0 Å². The fraction of sp³-hybridized carbons (Fsp3) is 0.438. The van der Waals surface area contributed by atoms with Gasteiger partial charge in [-0.15, -0.1) is 6.58 Å². The van der Waals surface area contributed by atoms with Crippen LogP contribution in [0.5, 0.6) is 5.75 Å². The molecule has 0 saturated heterocycles. The van der Waals surface area contributed by atoms with Crippen molar-refractivity contribution in [3.05, 3.63) is 43.0 Å². The van der Waals surface area contributed by atoms with Crippen molar-refractivity contribution in [2.75, 3.05) is 20.8 Å². The molecule has 0 aliphatic rings. The Kier molecular flexibility index (Phi) is 8.82. The van der Waals surface area contributed by atoms with Crippen molar-refractivity contribution in [2.24, 2.45) is 0 Å². The predicted molar refractivity (Wildman–Crippen MR) is 92.2 cm³/mol. The smallest absolute Gasteiger partial charge is 0.459 e. The lowest BCUT2D eigenvalue weighted by Gasteiger charge is -2.25. The van der Waals surface area contributed by atoms with Crippen LogP contribution in [0.15, 0.2) is 43.0 Å². The number of benzene rings is 1. The summed E-state index contributed by atoms with van der Waals surface area (Å²) in [7, 11) is -1.37. The highest BCUT2D eigenvalue weighted by Crippen LogP contribution is 2.45. The van der Waals surface area contributed by atoms with Crippen LogP contribution in [0.3, 0.4) is 0 Å². The molecule has 8 nitrogen and oxygen atoms in total. The molecule has 140 valence electrons. The molecule has 0 aliphatic heterocycles. The highest BCUT2D eigenvalue weighted by Gasteiger charge is 2.33. The average molecular weight is 373 g/mol. The lowest BCUT2D eigenvalue weighted by molar-refractivity contribution is -0.142. The van der Waals surface area contributed by atoms with Crippen molar-refractivity contribution in [1.29, 1.82) is 0 Å². The third-order valence-corrected chi connectivity index (χ3v) is 4.85. The summed E-state index contributed by atoms with van der Waals surface area (Å²) in [5, 5.41) is 12.3. The highest BCUT2D eigenvalue weighted by atomic mass is 31.2. The number of hydrogen-bond acceptors (Lipinski definition) is 7. The van der Waals surface area contributed by atoms with Crippen LogP contribution in [-0.2, 0) is 23.4 Å². The standard InChI is InChI=1S/C16H24NO7P/c1-5-14(18)15(21-3)11-23-25(20,17-12(2)16(19)22-4)24-13-9-7-6-8-10-13/h5-10,12,14-15,18H,1,11H2,2-4H3,(H,17,20)/t12-,14-,15+,25?/m0/s1. The molecule has 1 unspecified atom stereocenters. The first-order chi connectivity index (χ1) is 11.8. The molecule has 0 saturated carbocycles. The molecule has 0 spiro atoms. The van der Waals surface area contributed by atoms with Crippen LogP contribution in [-0.4, -0.2) is 50.2 Å². The van der Waals surface area contributed by atoms with E-state index < -0.39 is 32.0 Å². The number of methoxy groups -OCH3 is 2. The number of hydrogen-bond donors (Lipinski definition) is 2. The zero-order valence-electron chi connectivity index (χ0n) is 14.5. The van der Waals surface area contributed by atoms with Gasteiger partial charge >= 0.3 is 13.7 Å². The quantitative estimate of drug-likeness (QED) is 0.344. The second-order valence-electron chi connectivity index (χ2n) is 5.07. The van der Waals surface area contributed by atoms with Crippen LogP contribution in [0.2, 0.25) is 0 Å². The second-order valence-corrected chi connectivity index (χ2v) is 6.77. The normalized spacial score (nSPS) is 17.0. The summed E-state index contributed by atoms with van der Waals surface area (Å²) in [4.78, 5) is 11.6. The Morgan fingerprint density at radius 2 is 2.00 bits per heavy atom. The third kappa shape index (κ3) is 6.97. The topological polar surface area (TPSA) is 103 Å². The Labute approximate surface area is 147 Å². The van der Waals surface area contributed by atoms with E-state index in [4.69, 9.17) is 13.8 Å². The number of rotatable bonds is 11. The maximum absolute atomic E-state index is 13.0. The lowest BCUT2D eigenvalue weighted by Crippen LogP contribution is -2.36. The molecule has 1 rings (SSSR count). The van der Waals surface area contributed by atoms with Crippen LogP contribution < -0.4 is 9.61 Å². The van der Waals surface area contributed by atoms with E-state index in [1.165, 1.54) is 27.2 Å². The van der Waals surface area contributed by atoms with Crippen LogP contribution in [0.4, 0.5) is 0 Å². The molecule has 0 radical (unpaired) electrons. The summed E-state index contributed by atoms with van der Waals surface area (Å²) >= 11 is 0. The average Bonchev–Trinajstić information content (AvgIpc) is 2.61. The first-order valence-corrected chi connectivity index (χ1v) is 9.07. The van der Waals surface area contributed by atoms with Gasteiger partial charge in [0.25, 0.3) is 0 Å². The molecule has 4 atom stereocenters. The Hall–Kier alpha value is -1.70. The Bertz CT molecular complexity index is 595. The van der Waals surface area contributed by atoms with E-state index in [1.54, 1.807) is 30.3 Å². The van der Waals surface area contributed by atoms with Crippen molar-refractivity contribution in [3.63, 3.8) is 0 Å². The van der Waals surface area contributed by atoms with Crippen molar-refractivity contribution in [1.82, 2.24) is 5.09 Å². The number of carbonyl (C=O) groups is 1. The minimum atomic E-state index is -3.96. The van der Waals surface area contributed by atoms with E-state index in [2.05, 4.69) is 16.4 Å².